The van der Waals surface area contributed by atoms with Gasteiger partial charge in [0.15, 0.2) is 5.82 Å². The van der Waals surface area contributed by atoms with Crippen LogP contribution in [0.3, 0.4) is 0 Å². The maximum Gasteiger partial charge on any atom is 0.353 e. The molecule has 1 heterocycles. The van der Waals surface area contributed by atoms with Crippen LogP contribution in [0, 0.1) is 23.5 Å². The number of aromatic carboxylic acids is 1. The van der Waals surface area contributed by atoms with Crippen LogP contribution in [0.25, 0.3) is 0 Å². The lowest BCUT2D eigenvalue weighted by Gasteiger charge is -2.16. The summed E-state index contributed by atoms with van der Waals surface area (Å²) in [5, 5.41) is 22.9. The van der Waals surface area contributed by atoms with Crippen LogP contribution in [0.5, 0.6) is 0 Å². The second-order valence-corrected chi connectivity index (χ2v) is 8.89. The van der Waals surface area contributed by atoms with Gasteiger partial charge in [-0.1, -0.05) is 34.6 Å². The van der Waals surface area contributed by atoms with Crippen LogP contribution in [0.4, 0.5) is 14.6 Å². The summed E-state index contributed by atoms with van der Waals surface area (Å²) < 4.78 is 26.3. The van der Waals surface area contributed by atoms with Crippen LogP contribution in [0.15, 0.2) is 24.3 Å². The van der Waals surface area contributed by atoms with Crippen molar-refractivity contribution in [3.63, 3.8) is 0 Å². The number of amides is 2. The molecular formula is C24H35F2N5O4. The summed E-state index contributed by atoms with van der Waals surface area (Å²) in [7, 11) is 0. The first-order valence-corrected chi connectivity index (χ1v) is 11.5. The van der Waals surface area contributed by atoms with Crippen LogP contribution in [-0.2, 0) is 16.0 Å². The molecule has 11 heteroatoms. The van der Waals surface area contributed by atoms with Crippen molar-refractivity contribution in [3.8, 4) is 0 Å². The quantitative estimate of drug-likeness (QED) is 0.324. The van der Waals surface area contributed by atoms with Gasteiger partial charge < -0.3 is 21.1 Å². The van der Waals surface area contributed by atoms with Gasteiger partial charge in [0.05, 0.1) is 6.42 Å². The number of carbonyl (C=O) groups is 3. The number of carbonyl (C=O) groups excluding carboxylic acids is 2. The van der Waals surface area contributed by atoms with Crippen molar-refractivity contribution in [2.45, 2.75) is 53.5 Å². The van der Waals surface area contributed by atoms with Gasteiger partial charge in [0.1, 0.15) is 23.4 Å². The summed E-state index contributed by atoms with van der Waals surface area (Å²) in [6.45, 7) is 12.9. The Morgan fingerprint density at radius 1 is 1.00 bits per heavy atom. The monoisotopic (exact) mass is 495 g/mol. The molecule has 2 aromatic rings. The Kier molecular flexibility index (Phi) is 12.6. The lowest BCUT2D eigenvalue weighted by atomic mass is 10.1. The van der Waals surface area contributed by atoms with Crippen molar-refractivity contribution in [2.24, 2.45) is 11.8 Å². The Morgan fingerprint density at radius 3 is 2.03 bits per heavy atom. The van der Waals surface area contributed by atoms with Gasteiger partial charge in [-0.3, -0.25) is 14.7 Å². The van der Waals surface area contributed by atoms with Crippen molar-refractivity contribution >= 4 is 23.6 Å². The summed E-state index contributed by atoms with van der Waals surface area (Å²) in [5.41, 5.74) is -0.0702. The average Bonchev–Trinajstić information content (AvgIpc) is 3.20. The summed E-state index contributed by atoms with van der Waals surface area (Å²) >= 11 is 0. The maximum atomic E-state index is 13.1. The molecular weight excluding hydrogens is 460 g/mol. The second-order valence-electron chi connectivity index (χ2n) is 8.89. The Bertz CT molecular complexity index is 950. The summed E-state index contributed by atoms with van der Waals surface area (Å²) in [5.74, 6) is -2.48. The van der Waals surface area contributed by atoms with Gasteiger partial charge in [-0.15, -0.1) is 0 Å². The van der Waals surface area contributed by atoms with E-state index in [2.05, 4.69) is 53.8 Å². The molecule has 2 amide bonds. The van der Waals surface area contributed by atoms with Crippen molar-refractivity contribution in [3.05, 3.63) is 47.2 Å². The molecule has 0 fully saturated rings. The van der Waals surface area contributed by atoms with Gasteiger partial charge in [-0.25, -0.2) is 13.6 Å². The molecule has 0 aliphatic heterocycles. The minimum absolute atomic E-state index is 0.00713. The van der Waals surface area contributed by atoms with Crippen molar-refractivity contribution in [2.75, 3.05) is 18.4 Å². The Labute approximate surface area is 204 Å². The zero-order valence-electron chi connectivity index (χ0n) is 20.7. The predicted octanol–water partition coefficient (Wildman–Crippen LogP) is 3.35. The second kappa shape index (κ2) is 14.8. The van der Waals surface area contributed by atoms with Gasteiger partial charge in [0.25, 0.3) is 0 Å². The number of hydrogen-bond acceptors (Lipinski definition) is 5. The van der Waals surface area contributed by atoms with Crippen LogP contribution < -0.4 is 16.0 Å². The highest BCUT2D eigenvalue weighted by Crippen LogP contribution is 2.10. The number of carboxylic acids is 1. The van der Waals surface area contributed by atoms with E-state index in [1.54, 1.807) is 6.92 Å². The maximum absolute atomic E-state index is 13.1. The van der Waals surface area contributed by atoms with Crippen LogP contribution >= 0.6 is 0 Å². The first-order chi connectivity index (χ1) is 16.4. The molecule has 0 spiro atoms. The van der Waals surface area contributed by atoms with E-state index in [9.17, 15) is 23.2 Å². The number of H-pyrrole nitrogens is 1. The van der Waals surface area contributed by atoms with E-state index < -0.39 is 35.5 Å². The fourth-order valence-corrected chi connectivity index (χ4v) is 2.87. The van der Waals surface area contributed by atoms with Gasteiger partial charge >= 0.3 is 5.97 Å². The fourth-order valence-electron chi connectivity index (χ4n) is 2.87. The van der Waals surface area contributed by atoms with Gasteiger partial charge in [0, 0.05) is 12.1 Å². The van der Waals surface area contributed by atoms with E-state index in [0.717, 1.165) is 43.1 Å². The van der Waals surface area contributed by atoms with Crippen LogP contribution in [0.1, 0.15) is 57.1 Å². The minimum Gasteiger partial charge on any atom is -0.477 e. The Morgan fingerprint density at radius 2 is 1.57 bits per heavy atom. The average molecular weight is 496 g/mol. The van der Waals surface area contributed by atoms with Gasteiger partial charge in [0.2, 0.25) is 11.8 Å². The molecule has 35 heavy (non-hydrogen) atoms. The third kappa shape index (κ3) is 12.1. The van der Waals surface area contributed by atoms with E-state index >= 15 is 0 Å². The molecule has 0 aliphatic rings. The molecule has 0 aliphatic carbocycles. The molecule has 0 radical (unpaired) electrons. The molecule has 1 aromatic heterocycles. The molecule has 9 nitrogen and oxygen atoms in total. The molecule has 0 saturated carbocycles. The number of hydrogen-bond donors (Lipinski definition) is 5. The molecule has 194 valence electrons. The number of carboxylic acid groups (broad SMARTS) is 1. The van der Waals surface area contributed by atoms with Gasteiger partial charge in [-0.05, 0) is 49.0 Å². The predicted molar refractivity (Wildman–Crippen MR) is 129 cm³/mol. The third-order valence-corrected chi connectivity index (χ3v) is 4.51. The molecule has 2 rings (SSSR count). The standard InChI is InChI=1S/C16H16F2N4O4.C8H19N/c1-2-11(15(24)20-13-7-12(16(25)26)21-22-13)19-14(23)5-8-3-9(17)6-10(18)4-8;1-7(2)5-9-6-8(3)4/h3-4,6-7,11H,2,5H2,1H3,(H,19,23)(H,25,26)(H2,20,21,22,24);7-9H,5-6H2,1-4H3. The number of halogens is 2. The Hall–Kier alpha value is -3.34. The minimum atomic E-state index is -1.24. The first kappa shape index (κ1) is 29.7. The lowest BCUT2D eigenvalue weighted by Crippen LogP contribution is -2.44. The molecule has 0 bridgehead atoms. The van der Waals surface area contributed by atoms with E-state index in [-0.39, 0.29) is 29.9 Å². The van der Waals surface area contributed by atoms with Crippen molar-refractivity contribution < 1.29 is 28.3 Å². The van der Waals surface area contributed by atoms with Crippen molar-refractivity contribution in [1.29, 1.82) is 0 Å². The van der Waals surface area contributed by atoms with E-state index in [4.69, 9.17) is 5.11 Å². The summed E-state index contributed by atoms with van der Waals surface area (Å²) in [6, 6.07) is 2.95. The summed E-state index contributed by atoms with van der Waals surface area (Å²) in [4.78, 5) is 35.0. The number of nitrogens with one attached hydrogen (secondary N) is 4. The zero-order valence-corrected chi connectivity index (χ0v) is 20.7. The third-order valence-electron chi connectivity index (χ3n) is 4.51. The number of aromatic amines is 1. The molecule has 0 saturated heterocycles. The largest absolute Gasteiger partial charge is 0.477 e. The normalized spacial score (nSPS) is 11.6. The topological polar surface area (TPSA) is 136 Å². The van der Waals surface area contributed by atoms with E-state index in [0.29, 0.717) is 6.07 Å². The zero-order chi connectivity index (χ0) is 26.5. The first-order valence-electron chi connectivity index (χ1n) is 11.5. The van der Waals surface area contributed by atoms with Crippen molar-refractivity contribution in [1.82, 2.24) is 20.8 Å². The number of anilines is 1. The molecule has 1 atom stereocenters. The number of rotatable bonds is 11. The number of benzene rings is 1. The molecule has 1 unspecified atom stereocenters. The SMILES string of the molecule is CC(C)CNCC(C)C.CCC(NC(=O)Cc1cc(F)cc(F)c1)C(=O)Nc1cc(C(=O)O)[nH]n1. The molecule has 5 N–H and O–H groups in total. The van der Waals surface area contributed by atoms with Crippen LogP contribution in [0.2, 0.25) is 0 Å². The number of nitrogens with zero attached hydrogens (tertiary/aromatic N) is 1. The highest BCUT2D eigenvalue weighted by molar-refractivity contribution is 5.97. The van der Waals surface area contributed by atoms with E-state index in [1.165, 1.54) is 0 Å². The fraction of sp³-hybridized carbons (Fsp3) is 0.500. The highest BCUT2D eigenvalue weighted by Gasteiger charge is 2.20. The van der Waals surface area contributed by atoms with Gasteiger partial charge in [-0.2, -0.15) is 5.10 Å². The Balaban J connectivity index is 0.000000579. The lowest BCUT2D eigenvalue weighted by molar-refractivity contribution is -0.126. The van der Waals surface area contributed by atoms with Crippen LogP contribution in [-0.4, -0.2) is 52.2 Å². The number of aromatic nitrogens is 2. The smallest absolute Gasteiger partial charge is 0.353 e. The molecule has 1 aromatic carbocycles. The van der Waals surface area contributed by atoms with E-state index in [1.807, 2.05) is 0 Å². The summed E-state index contributed by atoms with van der Waals surface area (Å²) in [6.07, 6.45) is -0.0602. The highest BCUT2D eigenvalue weighted by atomic mass is 19.1.